The van der Waals surface area contributed by atoms with E-state index in [-0.39, 0.29) is 0 Å². The molecule has 84 valence electrons. The van der Waals surface area contributed by atoms with Crippen molar-refractivity contribution in [1.29, 1.82) is 0 Å². The maximum Gasteiger partial charge on any atom is -0.0398 e. The van der Waals surface area contributed by atoms with Gasteiger partial charge in [-0.1, -0.05) is 74.4 Å². The first-order chi connectivity index (χ1) is 7.18. The third-order valence-electron chi connectivity index (χ3n) is 3.11. The van der Waals surface area contributed by atoms with Gasteiger partial charge in [0, 0.05) is 0 Å². The van der Waals surface area contributed by atoms with Crippen molar-refractivity contribution in [2.45, 2.75) is 52.9 Å². The van der Waals surface area contributed by atoms with E-state index < -0.39 is 0 Å². The maximum atomic E-state index is 2.36. The Labute approximate surface area is 94.7 Å². The summed E-state index contributed by atoms with van der Waals surface area (Å²) in [5, 5.41) is 0. The van der Waals surface area contributed by atoms with Crippen molar-refractivity contribution in [2.24, 2.45) is 5.92 Å². The number of hydrogen-bond donors (Lipinski definition) is 0. The first-order valence-corrected chi connectivity index (χ1v) is 6.22. The van der Waals surface area contributed by atoms with E-state index in [1.54, 1.807) is 0 Å². The van der Waals surface area contributed by atoms with Crippen LogP contribution in [-0.2, 0) is 0 Å². The van der Waals surface area contributed by atoms with Gasteiger partial charge in [0.2, 0.25) is 0 Å². The Kier molecular flexibility index (Phi) is 5.45. The number of rotatable bonds is 0. The standard InChI is InChI=1S/C8H10.C7H14/c1-7-3-5-8(2)6-4-7;1-7-5-3-2-4-6-7/h3-6H,1-2H3;7H,2-6H2,1H3. The second-order valence-corrected chi connectivity index (χ2v) is 4.90. The van der Waals surface area contributed by atoms with Crippen molar-refractivity contribution in [3.63, 3.8) is 0 Å². The van der Waals surface area contributed by atoms with Crippen LogP contribution in [0.1, 0.15) is 50.2 Å². The topological polar surface area (TPSA) is 0 Å². The zero-order valence-electron chi connectivity index (χ0n) is 10.4. The van der Waals surface area contributed by atoms with Gasteiger partial charge in [0.15, 0.2) is 0 Å². The molecule has 0 saturated heterocycles. The van der Waals surface area contributed by atoms with Gasteiger partial charge in [-0.2, -0.15) is 0 Å². The van der Waals surface area contributed by atoms with Crippen LogP contribution in [-0.4, -0.2) is 0 Å². The number of aryl methyl sites for hydroxylation is 2. The highest BCUT2D eigenvalue weighted by Gasteiger charge is 2.05. The molecule has 0 amide bonds. The zero-order valence-corrected chi connectivity index (χ0v) is 10.4. The average molecular weight is 204 g/mol. The van der Waals surface area contributed by atoms with Crippen LogP contribution in [0.15, 0.2) is 24.3 Å². The van der Waals surface area contributed by atoms with Crippen molar-refractivity contribution < 1.29 is 0 Å². The molecule has 1 saturated carbocycles. The van der Waals surface area contributed by atoms with Crippen LogP contribution in [0.2, 0.25) is 0 Å². The van der Waals surface area contributed by atoms with Crippen molar-refractivity contribution in [2.75, 3.05) is 0 Å². The highest BCUT2D eigenvalue weighted by Crippen LogP contribution is 2.22. The summed E-state index contributed by atoms with van der Waals surface area (Å²) < 4.78 is 0. The molecule has 0 radical (unpaired) electrons. The summed E-state index contributed by atoms with van der Waals surface area (Å²) in [7, 11) is 0. The van der Waals surface area contributed by atoms with Gasteiger partial charge in [0.1, 0.15) is 0 Å². The largest absolute Gasteiger partial charge is 0.0625 e. The lowest BCUT2D eigenvalue weighted by molar-refractivity contribution is 0.385. The molecule has 1 aromatic carbocycles. The van der Waals surface area contributed by atoms with Crippen LogP contribution < -0.4 is 0 Å². The maximum absolute atomic E-state index is 2.36. The molecule has 0 aromatic heterocycles. The minimum Gasteiger partial charge on any atom is -0.0625 e. The fraction of sp³-hybridized carbons (Fsp3) is 0.600. The van der Waals surface area contributed by atoms with Gasteiger partial charge in [-0.25, -0.2) is 0 Å². The van der Waals surface area contributed by atoms with Crippen LogP contribution in [0.3, 0.4) is 0 Å². The second kappa shape index (κ2) is 6.66. The van der Waals surface area contributed by atoms with Crippen LogP contribution in [0.5, 0.6) is 0 Å². The molecule has 15 heavy (non-hydrogen) atoms. The number of benzene rings is 1. The summed E-state index contributed by atoms with van der Waals surface area (Å²) >= 11 is 0. The van der Waals surface area contributed by atoms with Crippen molar-refractivity contribution in [1.82, 2.24) is 0 Å². The predicted octanol–water partition coefficient (Wildman–Crippen LogP) is 4.89. The van der Waals surface area contributed by atoms with Crippen LogP contribution >= 0.6 is 0 Å². The van der Waals surface area contributed by atoms with Gasteiger partial charge in [0.05, 0.1) is 0 Å². The molecule has 1 aliphatic rings. The van der Waals surface area contributed by atoms with E-state index in [2.05, 4.69) is 45.0 Å². The third-order valence-corrected chi connectivity index (χ3v) is 3.11. The summed E-state index contributed by atoms with van der Waals surface area (Å²) in [6.07, 6.45) is 7.44. The minimum atomic E-state index is 1.04. The summed E-state index contributed by atoms with van der Waals surface area (Å²) in [5.41, 5.74) is 2.66. The molecule has 0 heteroatoms. The Morgan fingerprint density at radius 1 is 0.800 bits per heavy atom. The quantitative estimate of drug-likeness (QED) is 0.564. The molecule has 0 bridgehead atoms. The van der Waals surface area contributed by atoms with Gasteiger partial charge in [-0.3, -0.25) is 0 Å². The van der Waals surface area contributed by atoms with Crippen LogP contribution in [0, 0.1) is 19.8 Å². The first-order valence-electron chi connectivity index (χ1n) is 6.22. The van der Waals surface area contributed by atoms with Gasteiger partial charge >= 0.3 is 0 Å². The summed E-state index contributed by atoms with van der Waals surface area (Å²) in [6.45, 7) is 6.55. The fourth-order valence-corrected chi connectivity index (χ4v) is 1.94. The molecular formula is C15H24. The minimum absolute atomic E-state index is 1.04. The van der Waals surface area contributed by atoms with E-state index in [1.807, 2.05) is 0 Å². The van der Waals surface area contributed by atoms with Gasteiger partial charge in [-0.05, 0) is 19.8 Å². The van der Waals surface area contributed by atoms with Crippen LogP contribution in [0.25, 0.3) is 0 Å². The second-order valence-electron chi connectivity index (χ2n) is 4.90. The molecule has 0 atom stereocenters. The van der Waals surface area contributed by atoms with E-state index in [1.165, 1.54) is 43.2 Å². The zero-order chi connectivity index (χ0) is 11.1. The lowest BCUT2D eigenvalue weighted by Crippen LogP contribution is -1.99. The lowest BCUT2D eigenvalue weighted by Gasteiger charge is -2.15. The van der Waals surface area contributed by atoms with Crippen molar-refractivity contribution >= 4 is 0 Å². The summed E-state index contributed by atoms with van der Waals surface area (Å²) in [6, 6.07) is 8.48. The average Bonchev–Trinajstić information content (AvgIpc) is 2.25. The molecular weight excluding hydrogens is 180 g/mol. The molecule has 0 heterocycles. The Morgan fingerprint density at radius 3 is 1.47 bits per heavy atom. The molecule has 0 unspecified atom stereocenters. The fourth-order valence-electron chi connectivity index (χ4n) is 1.94. The summed E-state index contributed by atoms with van der Waals surface area (Å²) in [5.74, 6) is 1.04. The molecule has 2 rings (SSSR count). The SMILES string of the molecule is CC1CCCCC1.Cc1ccc(C)cc1. The Balaban J connectivity index is 0.000000151. The molecule has 1 fully saturated rings. The molecule has 1 aromatic rings. The Bertz CT molecular complexity index is 231. The molecule has 0 N–H and O–H groups in total. The van der Waals surface area contributed by atoms with E-state index in [9.17, 15) is 0 Å². The lowest BCUT2D eigenvalue weighted by atomic mass is 9.91. The van der Waals surface area contributed by atoms with E-state index >= 15 is 0 Å². The Morgan fingerprint density at radius 2 is 1.20 bits per heavy atom. The highest BCUT2D eigenvalue weighted by molar-refractivity contribution is 5.19. The molecule has 0 aliphatic heterocycles. The van der Waals surface area contributed by atoms with Crippen molar-refractivity contribution in [3.05, 3.63) is 35.4 Å². The van der Waals surface area contributed by atoms with Crippen LogP contribution in [0.4, 0.5) is 0 Å². The normalized spacial score (nSPS) is 16.7. The predicted molar refractivity (Wildman–Crippen MR) is 68.2 cm³/mol. The molecule has 1 aliphatic carbocycles. The molecule has 0 spiro atoms. The van der Waals surface area contributed by atoms with E-state index in [0.29, 0.717) is 0 Å². The van der Waals surface area contributed by atoms with Gasteiger partial charge < -0.3 is 0 Å². The highest BCUT2D eigenvalue weighted by atomic mass is 14.1. The van der Waals surface area contributed by atoms with E-state index in [0.717, 1.165) is 5.92 Å². The van der Waals surface area contributed by atoms with E-state index in [4.69, 9.17) is 0 Å². The smallest absolute Gasteiger partial charge is 0.0398 e. The van der Waals surface area contributed by atoms with Crippen molar-refractivity contribution in [3.8, 4) is 0 Å². The number of hydrogen-bond acceptors (Lipinski definition) is 0. The molecule has 0 nitrogen and oxygen atoms in total. The summed E-state index contributed by atoms with van der Waals surface area (Å²) in [4.78, 5) is 0. The third kappa shape index (κ3) is 5.61. The Hall–Kier alpha value is -0.780. The van der Waals surface area contributed by atoms with Gasteiger partial charge in [-0.15, -0.1) is 0 Å². The first kappa shape index (κ1) is 12.3. The van der Waals surface area contributed by atoms with Gasteiger partial charge in [0.25, 0.3) is 0 Å². The monoisotopic (exact) mass is 204 g/mol.